The molecular weight excluding hydrogens is 413 g/mol. The Morgan fingerprint density at radius 2 is 1.71 bits per heavy atom. The number of nitrogens with one attached hydrogen (secondary N) is 1. The normalized spacial score (nSPS) is 17.5. The van der Waals surface area contributed by atoms with Crippen molar-refractivity contribution in [3.05, 3.63) is 11.8 Å². The van der Waals surface area contributed by atoms with Gasteiger partial charge in [0.1, 0.15) is 5.84 Å². The minimum atomic E-state index is -4.05. The van der Waals surface area contributed by atoms with E-state index < -0.39 is 18.6 Å². The number of alkyl halides is 3. The summed E-state index contributed by atoms with van der Waals surface area (Å²) in [6.07, 6.45) is 4.14. The predicted octanol–water partition coefficient (Wildman–Crippen LogP) is 2.21. The van der Waals surface area contributed by atoms with Crippen LogP contribution in [0.4, 0.5) is 13.2 Å². The maximum Gasteiger partial charge on any atom is 0.401 e. The highest BCUT2D eigenvalue weighted by Gasteiger charge is 2.32. The van der Waals surface area contributed by atoms with Crippen molar-refractivity contribution in [1.29, 1.82) is 5.26 Å². The van der Waals surface area contributed by atoms with E-state index in [0.717, 1.165) is 38.5 Å². The molecule has 5 N–H and O–H groups in total. The lowest BCUT2D eigenvalue weighted by Crippen LogP contribution is -2.39. The van der Waals surface area contributed by atoms with E-state index in [9.17, 15) is 22.8 Å². The van der Waals surface area contributed by atoms with Crippen LogP contribution in [0.3, 0.4) is 0 Å². The lowest BCUT2D eigenvalue weighted by atomic mass is 9.94. The minimum Gasteiger partial charge on any atom is -0.393 e. The van der Waals surface area contributed by atoms with Crippen LogP contribution in [0.15, 0.2) is 16.8 Å². The Morgan fingerprint density at radius 3 is 2.10 bits per heavy atom. The molecule has 176 valence electrons. The van der Waals surface area contributed by atoms with Crippen LogP contribution < -0.4 is 16.8 Å². The van der Waals surface area contributed by atoms with E-state index in [-0.39, 0.29) is 29.3 Å². The Balaban J connectivity index is 0.000000519. The molecule has 8 nitrogen and oxygen atoms in total. The molecule has 2 aliphatic rings. The maximum atomic E-state index is 12.0. The summed E-state index contributed by atoms with van der Waals surface area (Å²) in [6.45, 7) is 0.664. The monoisotopic (exact) mass is 446 g/mol. The summed E-state index contributed by atoms with van der Waals surface area (Å²) in [4.78, 5) is 27.3. The molecule has 0 aliphatic heterocycles. The molecule has 0 radical (unpaired) electrons. The zero-order valence-corrected chi connectivity index (χ0v) is 18.3. The molecule has 0 aromatic rings. The molecule has 0 aromatic heterocycles. The summed E-state index contributed by atoms with van der Waals surface area (Å²) in [6, 6.07) is 1.90. The molecule has 0 bridgehead atoms. The fourth-order valence-electron chi connectivity index (χ4n) is 2.95. The van der Waals surface area contributed by atoms with Crippen LogP contribution in [0.5, 0.6) is 0 Å². The number of rotatable bonds is 6. The number of halogens is 3. The second kappa shape index (κ2) is 14.4. The van der Waals surface area contributed by atoms with Crippen LogP contribution in [0.1, 0.15) is 51.9 Å². The van der Waals surface area contributed by atoms with Gasteiger partial charge in [0.05, 0.1) is 18.2 Å². The Morgan fingerprint density at radius 1 is 1.19 bits per heavy atom. The molecule has 2 fully saturated rings. The van der Waals surface area contributed by atoms with Crippen molar-refractivity contribution in [2.75, 3.05) is 20.6 Å². The number of nitrogens with two attached hydrogens (primary N) is 2. The van der Waals surface area contributed by atoms with E-state index in [1.807, 2.05) is 0 Å². The Labute approximate surface area is 181 Å². The van der Waals surface area contributed by atoms with Crippen molar-refractivity contribution in [2.45, 2.75) is 64.1 Å². The van der Waals surface area contributed by atoms with Crippen molar-refractivity contribution >= 4 is 17.6 Å². The summed E-state index contributed by atoms with van der Waals surface area (Å²) >= 11 is 0. The third-order valence-electron chi connectivity index (χ3n) is 4.61. The molecule has 2 aliphatic carbocycles. The van der Waals surface area contributed by atoms with Gasteiger partial charge in [-0.1, -0.05) is 19.3 Å². The number of amides is 2. The van der Waals surface area contributed by atoms with E-state index >= 15 is 0 Å². The molecule has 2 saturated carbocycles. The minimum absolute atomic E-state index is 0.0199. The van der Waals surface area contributed by atoms with Gasteiger partial charge in [-0.2, -0.15) is 23.4 Å². The highest BCUT2D eigenvalue weighted by atomic mass is 19.4. The van der Waals surface area contributed by atoms with Crippen LogP contribution in [-0.4, -0.2) is 55.4 Å². The molecule has 0 unspecified atom stereocenters. The molecule has 2 amide bonds. The average molecular weight is 447 g/mol. The van der Waals surface area contributed by atoms with Gasteiger partial charge in [-0.3, -0.25) is 14.5 Å². The van der Waals surface area contributed by atoms with Crippen LogP contribution >= 0.6 is 0 Å². The number of nitriles is 1. The molecule has 2 rings (SSSR count). The van der Waals surface area contributed by atoms with Gasteiger partial charge in [-0.05, 0) is 32.7 Å². The number of hydrogen-bond acceptors (Lipinski definition) is 5. The highest BCUT2D eigenvalue weighted by molar-refractivity contribution is 6.21. The van der Waals surface area contributed by atoms with Crippen molar-refractivity contribution in [3.63, 3.8) is 0 Å². The third-order valence-corrected chi connectivity index (χ3v) is 4.61. The lowest BCUT2D eigenvalue weighted by Gasteiger charge is -2.31. The molecule has 11 heteroatoms. The molecular formula is C20H33F3N6O2. The van der Waals surface area contributed by atoms with E-state index in [2.05, 4.69) is 10.3 Å². The quantitative estimate of drug-likeness (QED) is 0.325. The molecule has 0 spiro atoms. The van der Waals surface area contributed by atoms with Crippen LogP contribution in [0.2, 0.25) is 0 Å². The topological polar surface area (TPSA) is 138 Å². The van der Waals surface area contributed by atoms with Gasteiger partial charge in [0, 0.05) is 32.1 Å². The van der Waals surface area contributed by atoms with E-state index in [1.54, 1.807) is 20.2 Å². The number of carbonyl (C=O) groups is 2. The number of aliphatic imine (C=N–C) groups is 1. The molecule has 0 saturated heterocycles. The van der Waals surface area contributed by atoms with Crippen molar-refractivity contribution in [2.24, 2.45) is 22.4 Å². The molecule has 0 heterocycles. The largest absolute Gasteiger partial charge is 0.401 e. The second-order valence-corrected chi connectivity index (χ2v) is 7.37. The molecule has 0 atom stereocenters. The van der Waals surface area contributed by atoms with E-state index in [0.29, 0.717) is 0 Å². The van der Waals surface area contributed by atoms with Gasteiger partial charge in [0.25, 0.3) is 11.8 Å². The van der Waals surface area contributed by atoms with Crippen LogP contribution in [-0.2, 0) is 9.59 Å². The number of primary amides is 1. The van der Waals surface area contributed by atoms with Crippen molar-refractivity contribution in [3.8, 4) is 6.07 Å². The fourth-order valence-corrected chi connectivity index (χ4v) is 2.95. The summed E-state index contributed by atoms with van der Waals surface area (Å²) < 4.78 is 36.1. The first kappa shape index (κ1) is 28.4. The Hall–Kier alpha value is -2.61. The predicted molar refractivity (Wildman–Crippen MR) is 113 cm³/mol. The maximum absolute atomic E-state index is 12.0. The van der Waals surface area contributed by atoms with Crippen LogP contribution in [0.25, 0.3) is 0 Å². The third kappa shape index (κ3) is 13.3. The molecule has 0 aromatic carbocycles. The highest BCUT2D eigenvalue weighted by Crippen LogP contribution is 2.30. The SMILES string of the molecule is CC#N.CN(CC(F)(F)F)C1CCCCC1.CN/C=C(/C(N)=O)C(N)=NC(=O)C1CC1. The van der Waals surface area contributed by atoms with Crippen molar-refractivity contribution in [1.82, 2.24) is 10.2 Å². The first-order valence-corrected chi connectivity index (χ1v) is 10.1. The fraction of sp³-hybridized carbons (Fsp3) is 0.700. The summed E-state index contributed by atoms with van der Waals surface area (Å²) in [7, 11) is 3.17. The summed E-state index contributed by atoms with van der Waals surface area (Å²) in [5.74, 6) is -1.15. The van der Waals surface area contributed by atoms with E-state index in [4.69, 9.17) is 16.7 Å². The van der Waals surface area contributed by atoms with E-state index in [1.165, 1.54) is 24.4 Å². The first-order valence-electron chi connectivity index (χ1n) is 10.1. The second-order valence-electron chi connectivity index (χ2n) is 7.37. The Bertz CT molecular complexity index is 675. The zero-order chi connectivity index (χ0) is 24.0. The lowest BCUT2D eigenvalue weighted by molar-refractivity contribution is -0.148. The van der Waals surface area contributed by atoms with Crippen LogP contribution in [0, 0.1) is 17.2 Å². The van der Waals surface area contributed by atoms with Gasteiger partial charge < -0.3 is 16.8 Å². The zero-order valence-electron chi connectivity index (χ0n) is 18.3. The average Bonchev–Trinajstić information content (AvgIpc) is 3.51. The van der Waals surface area contributed by atoms with Gasteiger partial charge in [0.2, 0.25) is 0 Å². The first-order chi connectivity index (χ1) is 14.5. The number of carbonyl (C=O) groups excluding carboxylic acids is 2. The number of hydrogen-bond donors (Lipinski definition) is 3. The van der Waals surface area contributed by atoms with Gasteiger partial charge >= 0.3 is 6.18 Å². The molecule has 31 heavy (non-hydrogen) atoms. The van der Waals surface area contributed by atoms with Crippen molar-refractivity contribution < 1.29 is 22.8 Å². The smallest absolute Gasteiger partial charge is 0.393 e. The summed E-state index contributed by atoms with van der Waals surface area (Å²) in [5.41, 5.74) is 10.6. The summed E-state index contributed by atoms with van der Waals surface area (Å²) in [5, 5.41) is 9.93. The van der Waals surface area contributed by atoms with Gasteiger partial charge in [0.15, 0.2) is 0 Å². The Kier molecular flexibility index (Phi) is 13.2. The van der Waals surface area contributed by atoms with Gasteiger partial charge in [-0.25, -0.2) is 0 Å². The standard InChI is InChI=1S/C9H16F3N.C9H14N4O2.C2H3N/c1-13(7-9(10,11)12)8-5-3-2-4-6-8;1-12-4-6(8(11)14)7(10)13-9(15)5-2-3-5;1-2-3/h8H,2-7H2,1H3;4-5,12H,2-3H2,1H3,(H2,11,14)(H2,10,13,15);1H3/b;6-4+;. The number of amidine groups is 1. The number of nitrogens with zero attached hydrogens (tertiary/aromatic N) is 3. The van der Waals surface area contributed by atoms with Gasteiger partial charge in [-0.15, -0.1) is 0 Å².